The van der Waals surface area contributed by atoms with Crippen molar-refractivity contribution in [1.82, 2.24) is 4.57 Å². The van der Waals surface area contributed by atoms with Crippen LogP contribution in [0.15, 0.2) is 30.1 Å². The lowest BCUT2D eigenvalue weighted by Crippen LogP contribution is -2.11. The molecule has 1 heterocycles. The summed E-state index contributed by atoms with van der Waals surface area (Å²) in [6.45, 7) is 0. The third-order valence-corrected chi connectivity index (χ3v) is 1.37. The summed E-state index contributed by atoms with van der Waals surface area (Å²) in [6.07, 6.45) is 4.13. The minimum atomic E-state index is -1.46. The smallest absolute Gasteiger partial charge is 0.344 e. The van der Waals surface area contributed by atoms with Crippen LogP contribution in [0.25, 0.3) is 6.20 Å². The maximum Gasteiger partial charge on any atom is 0.344 e. The average molecular weight is 181 g/mol. The summed E-state index contributed by atoms with van der Waals surface area (Å²) in [7, 11) is 0. The van der Waals surface area contributed by atoms with Crippen LogP contribution in [0.3, 0.4) is 0 Å². The normalized spacial score (nSPS) is 9.23. The molecule has 68 valence electrons. The fraction of sp³-hybridized carbons (Fsp3) is 0. The standard InChI is InChI=1S/C8H7NO4/c10-7(11)6(8(12)13)5-9-3-1-2-4-9/h1-5H,(H,10,11)(H,12,13). The minimum absolute atomic E-state index is 0.670. The summed E-state index contributed by atoms with van der Waals surface area (Å²) < 4.78 is 1.36. The summed E-state index contributed by atoms with van der Waals surface area (Å²) >= 11 is 0. The van der Waals surface area contributed by atoms with Gasteiger partial charge < -0.3 is 14.8 Å². The SMILES string of the molecule is O=C(O)C(=Cn1cccc1)C(=O)O. The molecule has 0 aromatic carbocycles. The lowest BCUT2D eigenvalue weighted by Gasteiger charge is -1.96. The first kappa shape index (κ1) is 9.05. The van der Waals surface area contributed by atoms with Gasteiger partial charge in [0, 0.05) is 18.6 Å². The van der Waals surface area contributed by atoms with E-state index in [1.54, 1.807) is 24.5 Å². The van der Waals surface area contributed by atoms with Crippen molar-refractivity contribution in [3.05, 3.63) is 30.1 Å². The van der Waals surface area contributed by atoms with Crippen LogP contribution >= 0.6 is 0 Å². The minimum Gasteiger partial charge on any atom is -0.477 e. The van der Waals surface area contributed by atoms with Gasteiger partial charge in [-0.1, -0.05) is 0 Å². The Morgan fingerprint density at radius 1 is 1.08 bits per heavy atom. The quantitative estimate of drug-likeness (QED) is 0.404. The molecule has 0 atom stereocenters. The molecule has 0 fully saturated rings. The van der Waals surface area contributed by atoms with Crippen molar-refractivity contribution >= 4 is 18.1 Å². The highest BCUT2D eigenvalue weighted by atomic mass is 16.4. The van der Waals surface area contributed by atoms with Gasteiger partial charge in [0.25, 0.3) is 0 Å². The molecule has 0 aliphatic rings. The first-order valence-corrected chi connectivity index (χ1v) is 3.42. The maximum absolute atomic E-state index is 10.4. The molecule has 0 radical (unpaired) electrons. The Balaban J connectivity index is 3.01. The number of rotatable bonds is 3. The van der Waals surface area contributed by atoms with Crippen LogP contribution < -0.4 is 0 Å². The molecule has 5 heteroatoms. The van der Waals surface area contributed by atoms with Gasteiger partial charge >= 0.3 is 11.9 Å². The fourth-order valence-electron chi connectivity index (χ4n) is 0.785. The summed E-state index contributed by atoms with van der Waals surface area (Å²) in [4.78, 5) is 20.8. The van der Waals surface area contributed by atoms with Gasteiger partial charge in [-0.3, -0.25) is 0 Å². The molecule has 0 aliphatic carbocycles. The molecule has 0 aliphatic heterocycles. The van der Waals surface area contributed by atoms with Gasteiger partial charge in [-0.15, -0.1) is 0 Å². The van der Waals surface area contributed by atoms with Crippen molar-refractivity contribution < 1.29 is 19.8 Å². The Kier molecular flexibility index (Phi) is 2.49. The van der Waals surface area contributed by atoms with Gasteiger partial charge in [0.05, 0.1) is 0 Å². The van der Waals surface area contributed by atoms with Gasteiger partial charge in [0.2, 0.25) is 0 Å². The van der Waals surface area contributed by atoms with Gasteiger partial charge in [0.1, 0.15) is 0 Å². The topological polar surface area (TPSA) is 79.5 Å². The van der Waals surface area contributed by atoms with E-state index < -0.39 is 17.5 Å². The van der Waals surface area contributed by atoms with E-state index in [1.807, 2.05) is 0 Å². The number of carboxylic acids is 2. The van der Waals surface area contributed by atoms with Crippen molar-refractivity contribution in [3.8, 4) is 0 Å². The molecule has 2 N–H and O–H groups in total. The van der Waals surface area contributed by atoms with E-state index >= 15 is 0 Å². The molecule has 1 aromatic heterocycles. The second kappa shape index (κ2) is 3.57. The Labute approximate surface area is 73.5 Å². The fourth-order valence-corrected chi connectivity index (χ4v) is 0.785. The number of aromatic nitrogens is 1. The number of carboxylic acid groups (broad SMARTS) is 2. The van der Waals surface area contributed by atoms with E-state index in [0.717, 1.165) is 6.20 Å². The lowest BCUT2D eigenvalue weighted by atomic mass is 10.3. The molecule has 1 aromatic rings. The number of hydrogen-bond donors (Lipinski definition) is 2. The van der Waals surface area contributed by atoms with Crippen LogP contribution in [0.1, 0.15) is 0 Å². The Morgan fingerprint density at radius 3 is 1.92 bits per heavy atom. The number of carbonyl (C=O) groups is 2. The molecule has 0 unspecified atom stereocenters. The Hall–Kier alpha value is -2.04. The van der Waals surface area contributed by atoms with Gasteiger partial charge in [-0.25, -0.2) is 9.59 Å². The molecule has 0 bridgehead atoms. The zero-order valence-corrected chi connectivity index (χ0v) is 6.54. The third kappa shape index (κ3) is 2.19. The predicted molar refractivity (Wildman–Crippen MR) is 44.0 cm³/mol. The molecule has 0 saturated carbocycles. The largest absolute Gasteiger partial charge is 0.477 e. The summed E-state index contributed by atoms with van der Waals surface area (Å²) in [5.41, 5.74) is -0.670. The van der Waals surface area contributed by atoms with Crippen molar-refractivity contribution in [2.24, 2.45) is 0 Å². The summed E-state index contributed by atoms with van der Waals surface area (Å²) in [6, 6.07) is 3.33. The second-order valence-electron chi connectivity index (χ2n) is 2.28. The first-order valence-electron chi connectivity index (χ1n) is 3.42. The van der Waals surface area contributed by atoms with Crippen molar-refractivity contribution in [1.29, 1.82) is 0 Å². The molecule has 0 saturated heterocycles. The summed E-state index contributed by atoms with van der Waals surface area (Å²) in [5, 5.41) is 17.0. The van der Waals surface area contributed by atoms with E-state index in [-0.39, 0.29) is 0 Å². The molecular weight excluding hydrogens is 174 g/mol. The molecular formula is C8H7NO4. The van der Waals surface area contributed by atoms with E-state index in [2.05, 4.69) is 0 Å². The van der Waals surface area contributed by atoms with E-state index in [4.69, 9.17) is 10.2 Å². The van der Waals surface area contributed by atoms with Crippen molar-refractivity contribution in [3.63, 3.8) is 0 Å². The number of hydrogen-bond acceptors (Lipinski definition) is 2. The van der Waals surface area contributed by atoms with E-state index in [1.165, 1.54) is 4.57 Å². The van der Waals surface area contributed by atoms with Crippen molar-refractivity contribution in [2.75, 3.05) is 0 Å². The van der Waals surface area contributed by atoms with E-state index in [0.29, 0.717) is 0 Å². The molecule has 5 nitrogen and oxygen atoms in total. The molecule has 1 rings (SSSR count). The molecule has 0 spiro atoms. The highest BCUT2D eigenvalue weighted by Crippen LogP contribution is 1.99. The van der Waals surface area contributed by atoms with Crippen LogP contribution in [0.5, 0.6) is 0 Å². The zero-order chi connectivity index (χ0) is 9.84. The second-order valence-corrected chi connectivity index (χ2v) is 2.28. The van der Waals surface area contributed by atoms with Crippen LogP contribution in [0, 0.1) is 0 Å². The van der Waals surface area contributed by atoms with Gasteiger partial charge in [0.15, 0.2) is 5.57 Å². The van der Waals surface area contributed by atoms with Crippen molar-refractivity contribution in [2.45, 2.75) is 0 Å². The van der Waals surface area contributed by atoms with Gasteiger partial charge in [-0.05, 0) is 12.1 Å². The van der Waals surface area contributed by atoms with Crippen LogP contribution in [-0.4, -0.2) is 26.7 Å². The van der Waals surface area contributed by atoms with Crippen LogP contribution in [0.4, 0.5) is 0 Å². The van der Waals surface area contributed by atoms with Gasteiger partial charge in [-0.2, -0.15) is 0 Å². The first-order chi connectivity index (χ1) is 6.11. The number of aliphatic carboxylic acids is 2. The highest BCUT2D eigenvalue weighted by molar-refractivity contribution is 6.15. The third-order valence-electron chi connectivity index (χ3n) is 1.37. The Bertz CT molecular complexity index is 334. The monoisotopic (exact) mass is 181 g/mol. The average Bonchev–Trinajstić information content (AvgIpc) is 2.50. The highest BCUT2D eigenvalue weighted by Gasteiger charge is 2.15. The Morgan fingerprint density at radius 2 is 1.54 bits per heavy atom. The number of nitrogens with zero attached hydrogens (tertiary/aromatic N) is 1. The predicted octanol–water partition coefficient (Wildman–Crippen LogP) is 0.498. The molecule has 13 heavy (non-hydrogen) atoms. The van der Waals surface area contributed by atoms with Crippen LogP contribution in [0.2, 0.25) is 0 Å². The molecule has 0 amide bonds. The van der Waals surface area contributed by atoms with E-state index in [9.17, 15) is 9.59 Å². The zero-order valence-electron chi connectivity index (χ0n) is 6.54. The summed E-state index contributed by atoms with van der Waals surface area (Å²) in [5.74, 6) is -2.91. The lowest BCUT2D eigenvalue weighted by molar-refractivity contribution is -0.140. The van der Waals surface area contributed by atoms with Crippen LogP contribution in [-0.2, 0) is 9.59 Å². The maximum atomic E-state index is 10.4.